The van der Waals surface area contributed by atoms with Gasteiger partial charge in [0.15, 0.2) is 9.84 Å². The van der Waals surface area contributed by atoms with Gasteiger partial charge in [-0.3, -0.25) is 0 Å². The third-order valence-electron chi connectivity index (χ3n) is 2.54. The highest BCUT2D eigenvalue weighted by Crippen LogP contribution is 2.49. The second-order valence-corrected chi connectivity index (χ2v) is 7.55. The highest BCUT2D eigenvalue weighted by Gasteiger charge is 2.45. The van der Waals surface area contributed by atoms with Gasteiger partial charge in [0.05, 0.1) is 5.75 Å². The van der Waals surface area contributed by atoms with Gasteiger partial charge >= 0.3 is 0 Å². The molecule has 1 aliphatic rings. The lowest BCUT2D eigenvalue weighted by molar-refractivity contribution is 0.574. The van der Waals surface area contributed by atoms with Gasteiger partial charge in [0, 0.05) is 5.33 Å². The van der Waals surface area contributed by atoms with Crippen LogP contribution in [0.4, 0.5) is 0 Å². The van der Waals surface area contributed by atoms with Crippen molar-refractivity contribution in [2.24, 2.45) is 5.41 Å². The van der Waals surface area contributed by atoms with Crippen LogP contribution in [0.25, 0.3) is 0 Å². The molecule has 2 rings (SSSR count). The molecular weight excluding hydrogens is 284 g/mol. The summed E-state index contributed by atoms with van der Waals surface area (Å²) < 4.78 is 24.3. The summed E-state index contributed by atoms with van der Waals surface area (Å²) in [5.41, 5.74) is 0.0306. The molecule has 1 aromatic rings. The molecule has 0 atom stereocenters. The van der Waals surface area contributed by atoms with Crippen LogP contribution in [0.5, 0.6) is 0 Å². The van der Waals surface area contributed by atoms with E-state index >= 15 is 0 Å². The molecule has 1 saturated carbocycles. The van der Waals surface area contributed by atoms with Crippen molar-refractivity contribution in [1.29, 1.82) is 0 Å². The normalized spacial score (nSPS) is 19.5. The summed E-state index contributed by atoms with van der Waals surface area (Å²) in [5.74, 6) is 0.297. The largest absolute Gasteiger partial charge is 0.223 e. The zero-order valence-corrected chi connectivity index (χ0v) is 10.8. The Morgan fingerprint density at radius 2 is 2.21 bits per heavy atom. The zero-order chi connectivity index (χ0) is 10.2. The van der Waals surface area contributed by atoms with Crippen LogP contribution >= 0.6 is 27.3 Å². The van der Waals surface area contributed by atoms with E-state index in [1.54, 1.807) is 17.5 Å². The third-order valence-corrected chi connectivity index (χ3v) is 7.18. The first kappa shape index (κ1) is 10.6. The Bertz CT molecular complexity index is 404. The molecule has 2 nitrogen and oxygen atoms in total. The van der Waals surface area contributed by atoms with Crippen molar-refractivity contribution in [3.8, 4) is 0 Å². The molecule has 78 valence electrons. The summed E-state index contributed by atoms with van der Waals surface area (Å²) in [6, 6.07) is 3.47. The number of sulfone groups is 1. The smallest absolute Gasteiger partial charge is 0.188 e. The van der Waals surface area contributed by atoms with Gasteiger partial charge in [0.1, 0.15) is 4.21 Å². The van der Waals surface area contributed by atoms with E-state index in [9.17, 15) is 8.42 Å². The highest BCUT2D eigenvalue weighted by atomic mass is 79.9. The van der Waals surface area contributed by atoms with Crippen LogP contribution < -0.4 is 0 Å². The Morgan fingerprint density at radius 1 is 1.50 bits per heavy atom. The minimum absolute atomic E-state index is 0.0306. The Morgan fingerprint density at radius 3 is 2.64 bits per heavy atom. The molecule has 1 fully saturated rings. The molecule has 1 aromatic heterocycles. The monoisotopic (exact) mass is 294 g/mol. The van der Waals surface area contributed by atoms with Crippen LogP contribution in [-0.4, -0.2) is 19.5 Å². The van der Waals surface area contributed by atoms with Crippen molar-refractivity contribution in [1.82, 2.24) is 0 Å². The second kappa shape index (κ2) is 3.61. The molecule has 0 N–H and O–H groups in total. The Hall–Kier alpha value is 0.130. The van der Waals surface area contributed by atoms with Crippen LogP contribution in [0.15, 0.2) is 21.7 Å². The first-order chi connectivity index (χ1) is 6.58. The van der Waals surface area contributed by atoms with Crippen molar-refractivity contribution in [2.75, 3.05) is 11.1 Å². The number of thiophene rings is 1. The van der Waals surface area contributed by atoms with E-state index < -0.39 is 9.84 Å². The summed E-state index contributed by atoms with van der Waals surface area (Å²) in [6.45, 7) is 0. The van der Waals surface area contributed by atoms with Crippen LogP contribution in [0, 0.1) is 5.41 Å². The van der Waals surface area contributed by atoms with Gasteiger partial charge in [-0.1, -0.05) is 22.0 Å². The van der Waals surface area contributed by atoms with Crippen LogP contribution in [0.3, 0.4) is 0 Å². The zero-order valence-electron chi connectivity index (χ0n) is 7.57. The predicted octanol–water partition coefficient (Wildman–Crippen LogP) is 2.70. The Balaban J connectivity index is 2.19. The van der Waals surface area contributed by atoms with Gasteiger partial charge in [-0.2, -0.15) is 0 Å². The highest BCUT2D eigenvalue weighted by molar-refractivity contribution is 9.09. The predicted molar refractivity (Wildman–Crippen MR) is 61.8 cm³/mol. The van der Waals surface area contributed by atoms with Crippen molar-refractivity contribution in [2.45, 2.75) is 17.1 Å². The van der Waals surface area contributed by atoms with Crippen LogP contribution in [0.1, 0.15) is 12.8 Å². The number of hydrogen-bond acceptors (Lipinski definition) is 3. The summed E-state index contributed by atoms with van der Waals surface area (Å²) in [4.78, 5) is 0. The maximum absolute atomic E-state index is 11.9. The van der Waals surface area contributed by atoms with E-state index in [2.05, 4.69) is 15.9 Å². The van der Waals surface area contributed by atoms with E-state index in [0.29, 0.717) is 9.96 Å². The van der Waals surface area contributed by atoms with Crippen LogP contribution in [-0.2, 0) is 9.84 Å². The van der Waals surface area contributed by atoms with Crippen molar-refractivity contribution >= 4 is 37.1 Å². The quantitative estimate of drug-likeness (QED) is 0.800. The first-order valence-electron chi connectivity index (χ1n) is 4.40. The first-order valence-corrected chi connectivity index (χ1v) is 8.06. The van der Waals surface area contributed by atoms with Crippen LogP contribution in [0.2, 0.25) is 0 Å². The number of halogens is 1. The molecular formula is C9H11BrO2S2. The molecule has 14 heavy (non-hydrogen) atoms. The lowest BCUT2D eigenvalue weighted by Gasteiger charge is -2.10. The van der Waals surface area contributed by atoms with E-state index in [-0.39, 0.29) is 5.41 Å². The molecule has 0 aliphatic heterocycles. The number of rotatable bonds is 4. The van der Waals surface area contributed by atoms with Gasteiger partial charge in [-0.25, -0.2) is 8.42 Å². The Kier molecular flexibility index (Phi) is 2.74. The standard InChI is InChI=1S/C9H11BrO2S2/c10-6-9(3-4-9)7-14(11,12)8-2-1-5-13-8/h1-2,5H,3-4,6-7H2. The van der Waals surface area contributed by atoms with Gasteiger partial charge < -0.3 is 0 Å². The van der Waals surface area contributed by atoms with E-state index in [1.807, 2.05) is 0 Å². The number of hydrogen-bond donors (Lipinski definition) is 0. The molecule has 0 saturated heterocycles. The average Bonchev–Trinajstić information content (AvgIpc) is 2.70. The molecule has 1 heterocycles. The van der Waals surface area contributed by atoms with Gasteiger partial charge in [-0.15, -0.1) is 11.3 Å². The maximum Gasteiger partial charge on any atom is 0.188 e. The van der Waals surface area contributed by atoms with E-state index in [4.69, 9.17) is 0 Å². The third kappa shape index (κ3) is 2.04. The fourth-order valence-electron chi connectivity index (χ4n) is 1.41. The van der Waals surface area contributed by atoms with Gasteiger partial charge in [0.2, 0.25) is 0 Å². The summed E-state index contributed by atoms with van der Waals surface area (Å²) in [7, 11) is -3.04. The fourth-order valence-corrected chi connectivity index (χ4v) is 5.43. The average molecular weight is 295 g/mol. The number of alkyl halides is 1. The summed E-state index contributed by atoms with van der Waals surface area (Å²) in [5, 5.41) is 2.60. The lowest BCUT2D eigenvalue weighted by Crippen LogP contribution is -2.17. The second-order valence-electron chi connectivity index (χ2n) is 3.82. The summed E-state index contributed by atoms with van der Waals surface area (Å²) in [6.07, 6.45) is 2.06. The fraction of sp³-hybridized carbons (Fsp3) is 0.556. The molecule has 0 bridgehead atoms. The minimum Gasteiger partial charge on any atom is -0.223 e. The molecule has 1 aliphatic carbocycles. The minimum atomic E-state index is -3.04. The SMILES string of the molecule is O=S(=O)(CC1(CBr)CC1)c1cccs1. The lowest BCUT2D eigenvalue weighted by atomic mass is 10.2. The summed E-state index contributed by atoms with van der Waals surface area (Å²) >= 11 is 4.69. The van der Waals surface area contributed by atoms with Gasteiger partial charge in [-0.05, 0) is 29.7 Å². The van der Waals surface area contributed by atoms with Crippen molar-refractivity contribution in [3.05, 3.63) is 17.5 Å². The van der Waals surface area contributed by atoms with E-state index in [1.165, 1.54) is 11.3 Å². The molecule has 0 spiro atoms. The molecule has 0 aromatic carbocycles. The molecule has 0 amide bonds. The Labute approximate surface area is 96.4 Å². The van der Waals surface area contributed by atoms with Gasteiger partial charge in [0.25, 0.3) is 0 Å². The van der Waals surface area contributed by atoms with Crippen molar-refractivity contribution in [3.63, 3.8) is 0 Å². The molecule has 0 unspecified atom stereocenters. The molecule has 0 radical (unpaired) electrons. The van der Waals surface area contributed by atoms with Crippen molar-refractivity contribution < 1.29 is 8.42 Å². The molecule has 5 heteroatoms. The van der Waals surface area contributed by atoms with E-state index in [0.717, 1.165) is 18.2 Å². The topological polar surface area (TPSA) is 34.1 Å². The maximum atomic E-state index is 11.9.